The van der Waals surface area contributed by atoms with E-state index >= 15 is 0 Å². The molecule has 15 heavy (non-hydrogen) atoms. The van der Waals surface area contributed by atoms with Crippen molar-refractivity contribution in [1.82, 2.24) is 4.98 Å². The summed E-state index contributed by atoms with van der Waals surface area (Å²) >= 11 is 1.37. The molecule has 0 aliphatic heterocycles. The second kappa shape index (κ2) is 4.99. The molecule has 0 spiro atoms. The molecule has 84 valence electrons. The quantitative estimate of drug-likeness (QED) is 0.843. The summed E-state index contributed by atoms with van der Waals surface area (Å²) in [4.78, 5) is 3.36. The molecule has 0 saturated carbocycles. The Hall–Kier alpha value is -0.542. The summed E-state index contributed by atoms with van der Waals surface area (Å²) in [6, 6.07) is 2.39. The van der Waals surface area contributed by atoms with Crippen LogP contribution in [0.4, 0.5) is 13.2 Å². The van der Waals surface area contributed by atoms with E-state index in [1.54, 1.807) is 0 Å². The fraction of sp³-hybridized carbons (Fsp3) is 0.444. The van der Waals surface area contributed by atoms with E-state index in [4.69, 9.17) is 5.11 Å². The molecule has 2 nitrogen and oxygen atoms in total. The third kappa shape index (κ3) is 3.50. The molecule has 1 heterocycles. The van der Waals surface area contributed by atoms with E-state index in [2.05, 4.69) is 4.98 Å². The van der Waals surface area contributed by atoms with Gasteiger partial charge < -0.3 is 0 Å². The van der Waals surface area contributed by atoms with Gasteiger partial charge in [-0.3, -0.25) is 0 Å². The summed E-state index contributed by atoms with van der Waals surface area (Å²) in [5.74, 6) is 0. The zero-order valence-corrected chi connectivity index (χ0v) is 10.3. The second-order valence-corrected chi connectivity index (χ2v) is 4.78. The van der Waals surface area contributed by atoms with Crippen LogP contribution in [-0.4, -0.2) is 33.6 Å². The normalized spacial score (nSPS) is 13.9. The van der Waals surface area contributed by atoms with Gasteiger partial charge >= 0.3 is 93.6 Å². The predicted molar refractivity (Wildman–Crippen MR) is 52.2 cm³/mol. The molecule has 2 unspecified atom stereocenters. The molecule has 0 saturated heterocycles. The third-order valence-electron chi connectivity index (χ3n) is 1.95. The van der Waals surface area contributed by atoms with Crippen molar-refractivity contribution in [2.75, 3.05) is 6.61 Å². The topological polar surface area (TPSA) is 33.1 Å². The van der Waals surface area contributed by atoms with Gasteiger partial charge in [0.15, 0.2) is 0 Å². The minimum absolute atomic E-state index is 0.0317. The number of rotatable bonds is 3. The van der Waals surface area contributed by atoms with Gasteiger partial charge in [-0.1, -0.05) is 0 Å². The third-order valence-corrected chi connectivity index (χ3v) is 3.45. The van der Waals surface area contributed by atoms with Gasteiger partial charge in [-0.25, -0.2) is 0 Å². The Bertz CT molecular complexity index is 312. The fourth-order valence-corrected chi connectivity index (χ4v) is 1.82. The van der Waals surface area contributed by atoms with Gasteiger partial charge in [-0.2, -0.15) is 0 Å². The number of pyridine rings is 1. The van der Waals surface area contributed by atoms with Crippen LogP contribution in [0.25, 0.3) is 0 Å². The van der Waals surface area contributed by atoms with Crippen molar-refractivity contribution in [2.24, 2.45) is 0 Å². The van der Waals surface area contributed by atoms with Gasteiger partial charge in [-0.05, 0) is 0 Å². The summed E-state index contributed by atoms with van der Waals surface area (Å²) in [6.45, 7) is 0.0317. The zero-order chi connectivity index (χ0) is 11.5. The van der Waals surface area contributed by atoms with Gasteiger partial charge in [0.05, 0.1) is 0 Å². The fourth-order valence-electron chi connectivity index (χ4n) is 1.10. The molecule has 6 heteroatoms. The molecule has 1 rings (SSSR count). The Morgan fingerprint density at radius 2 is 2.07 bits per heavy atom. The van der Waals surface area contributed by atoms with E-state index in [1.165, 1.54) is 29.1 Å². The molecule has 0 aliphatic rings. The number of alkyl halides is 3. The Balaban J connectivity index is 2.81. The number of hydrogen-bond donors (Lipinski definition) is 1. The van der Waals surface area contributed by atoms with Crippen molar-refractivity contribution in [2.45, 2.75) is 17.3 Å². The Kier molecular flexibility index (Phi) is 4.17. The molecular formula is C9H11AsF3NO. The van der Waals surface area contributed by atoms with Crippen LogP contribution < -0.4 is 0 Å². The first-order valence-electron chi connectivity index (χ1n) is 4.34. The van der Waals surface area contributed by atoms with Gasteiger partial charge in [0.1, 0.15) is 0 Å². The van der Waals surface area contributed by atoms with Crippen LogP contribution >= 0.6 is 0 Å². The summed E-state index contributed by atoms with van der Waals surface area (Å²) in [7, 11) is 0. The van der Waals surface area contributed by atoms with E-state index in [0.29, 0.717) is 6.42 Å². The zero-order valence-electron chi connectivity index (χ0n) is 7.83. The molecule has 0 aromatic carbocycles. The molecule has 0 fully saturated rings. The summed E-state index contributed by atoms with van der Waals surface area (Å²) in [5, 5.41) is 8.69. The monoisotopic (exact) mass is 281 g/mol. The maximum atomic E-state index is 12.2. The van der Waals surface area contributed by atoms with E-state index in [-0.39, 0.29) is 11.3 Å². The molecular weight excluding hydrogens is 270 g/mol. The van der Waals surface area contributed by atoms with Crippen LogP contribution in [0.3, 0.4) is 0 Å². The van der Waals surface area contributed by atoms with Crippen LogP contribution in [0.1, 0.15) is 22.4 Å². The molecule has 0 bridgehead atoms. The van der Waals surface area contributed by atoms with Crippen molar-refractivity contribution in [3.63, 3.8) is 0 Å². The number of aliphatic hydroxyl groups excluding tert-OH is 1. The average molecular weight is 281 g/mol. The van der Waals surface area contributed by atoms with E-state index in [9.17, 15) is 13.2 Å². The number of aliphatic hydroxyl groups is 1. The predicted octanol–water partition coefficient (Wildman–Crippen LogP) is 1.16. The van der Waals surface area contributed by atoms with Crippen molar-refractivity contribution in [3.05, 3.63) is 29.6 Å². The molecule has 2 atom stereocenters. The first-order valence-corrected chi connectivity index (χ1v) is 5.74. The van der Waals surface area contributed by atoms with Crippen molar-refractivity contribution in [3.8, 4) is 0 Å². The Morgan fingerprint density at radius 1 is 1.40 bits per heavy atom. The van der Waals surface area contributed by atoms with Crippen LogP contribution in [0.2, 0.25) is 0 Å². The van der Waals surface area contributed by atoms with Crippen molar-refractivity contribution in [1.29, 1.82) is 0 Å². The van der Waals surface area contributed by atoms with Crippen LogP contribution in [0.5, 0.6) is 0 Å². The van der Waals surface area contributed by atoms with Gasteiger partial charge in [0.2, 0.25) is 0 Å². The molecule has 0 amide bonds. The molecule has 1 aromatic rings. The van der Waals surface area contributed by atoms with Crippen LogP contribution in [-0.2, 0) is 6.18 Å². The van der Waals surface area contributed by atoms with Gasteiger partial charge in [0.25, 0.3) is 0 Å². The van der Waals surface area contributed by atoms with Crippen LogP contribution in [0.15, 0.2) is 18.3 Å². The number of nitrogens with zero attached hydrogens (tertiary/aromatic N) is 1. The molecule has 0 aliphatic carbocycles. The van der Waals surface area contributed by atoms with E-state index in [1.807, 2.05) is 0 Å². The van der Waals surface area contributed by atoms with Crippen molar-refractivity contribution >= 4 is 16.9 Å². The summed E-state index contributed by atoms with van der Waals surface area (Å²) < 4.78 is 36.6. The SMILES string of the molecule is OCCC([AsH2])c1ccc(C(F)(F)F)nc1. The first kappa shape index (κ1) is 12.5. The van der Waals surface area contributed by atoms with Crippen molar-refractivity contribution < 1.29 is 18.3 Å². The average Bonchev–Trinajstić information content (AvgIpc) is 2.17. The standard InChI is InChI=1S/C9H11AsF3NO/c10-7(3-4-15)6-1-2-8(14-5-6)9(11,12)13/h1-2,5,7,15H,3-4,10H2. The van der Waals surface area contributed by atoms with E-state index < -0.39 is 11.9 Å². The Morgan fingerprint density at radius 3 is 2.47 bits per heavy atom. The number of aromatic nitrogens is 1. The second-order valence-electron chi connectivity index (χ2n) is 3.09. The molecule has 1 N–H and O–H groups in total. The first-order chi connectivity index (χ1) is 6.95. The summed E-state index contributed by atoms with van der Waals surface area (Å²) in [5.41, 5.74) is -0.146. The minimum atomic E-state index is -4.39. The van der Waals surface area contributed by atoms with E-state index in [0.717, 1.165) is 11.6 Å². The van der Waals surface area contributed by atoms with Gasteiger partial charge in [-0.15, -0.1) is 0 Å². The molecule has 1 aromatic heterocycles. The molecule has 0 radical (unpaired) electrons. The maximum absolute atomic E-state index is 12.2. The van der Waals surface area contributed by atoms with Gasteiger partial charge in [0, 0.05) is 0 Å². The number of halogens is 3. The Labute approximate surface area is 94.0 Å². The summed E-state index contributed by atoms with van der Waals surface area (Å²) in [6.07, 6.45) is -2.61. The van der Waals surface area contributed by atoms with Crippen LogP contribution in [0, 0.1) is 0 Å². The number of hydrogen-bond acceptors (Lipinski definition) is 2.